The number of carbonyl (C=O) groups excluding carboxylic acids is 1. The van der Waals surface area contributed by atoms with Gasteiger partial charge in [-0.25, -0.2) is 4.98 Å². The fraction of sp³-hybridized carbons (Fsp3) is 0.538. The molecule has 2 unspecified atom stereocenters. The molecular formula is C13H18N2O2S. The first-order valence-corrected chi connectivity index (χ1v) is 6.96. The average Bonchev–Trinajstić information content (AvgIpc) is 2.75. The van der Waals surface area contributed by atoms with Crippen molar-refractivity contribution in [3.63, 3.8) is 0 Å². The number of ether oxygens (including phenoxy) is 1. The van der Waals surface area contributed by atoms with Gasteiger partial charge in [0.1, 0.15) is 0 Å². The SMILES string of the molecule is Cc1nc(/C=C/C(=O)N2CC(C)OCC2C)cs1. The van der Waals surface area contributed by atoms with Crippen LogP contribution in [0.4, 0.5) is 0 Å². The number of amides is 1. The molecule has 1 aromatic heterocycles. The molecule has 2 heterocycles. The predicted molar refractivity (Wildman–Crippen MR) is 72.5 cm³/mol. The summed E-state index contributed by atoms with van der Waals surface area (Å²) in [5, 5.41) is 2.96. The van der Waals surface area contributed by atoms with Crippen molar-refractivity contribution < 1.29 is 9.53 Å². The van der Waals surface area contributed by atoms with Crippen LogP contribution in [0.2, 0.25) is 0 Å². The van der Waals surface area contributed by atoms with E-state index < -0.39 is 0 Å². The summed E-state index contributed by atoms with van der Waals surface area (Å²) in [7, 11) is 0. The molecule has 0 aromatic carbocycles. The standard InChI is InChI=1S/C13H18N2O2S/c1-9-7-17-10(2)6-15(9)13(16)5-4-12-8-18-11(3)14-12/h4-5,8-10H,6-7H2,1-3H3/b5-4+. The summed E-state index contributed by atoms with van der Waals surface area (Å²) in [5.74, 6) is 0.0308. The van der Waals surface area contributed by atoms with Gasteiger partial charge in [-0.3, -0.25) is 4.79 Å². The minimum Gasteiger partial charge on any atom is -0.375 e. The normalized spacial score (nSPS) is 24.7. The molecule has 1 amide bonds. The lowest BCUT2D eigenvalue weighted by Gasteiger charge is -2.36. The second-order valence-electron chi connectivity index (χ2n) is 4.61. The van der Waals surface area contributed by atoms with Crippen LogP contribution in [0.3, 0.4) is 0 Å². The minimum absolute atomic E-state index is 0.0308. The topological polar surface area (TPSA) is 42.4 Å². The fourth-order valence-corrected chi connectivity index (χ4v) is 2.50. The maximum Gasteiger partial charge on any atom is 0.247 e. The van der Waals surface area contributed by atoms with Gasteiger partial charge in [0.25, 0.3) is 0 Å². The summed E-state index contributed by atoms with van der Waals surface area (Å²) in [6.07, 6.45) is 3.49. The maximum atomic E-state index is 12.1. The first-order chi connectivity index (χ1) is 8.56. The minimum atomic E-state index is 0.0308. The van der Waals surface area contributed by atoms with Gasteiger partial charge in [0.15, 0.2) is 0 Å². The van der Waals surface area contributed by atoms with Gasteiger partial charge < -0.3 is 9.64 Å². The summed E-state index contributed by atoms with van der Waals surface area (Å²) >= 11 is 1.59. The zero-order valence-corrected chi connectivity index (χ0v) is 11.7. The van der Waals surface area contributed by atoms with Gasteiger partial charge in [-0.05, 0) is 26.8 Å². The van der Waals surface area contributed by atoms with E-state index in [1.165, 1.54) is 0 Å². The van der Waals surface area contributed by atoms with Crippen LogP contribution in [-0.4, -0.2) is 41.1 Å². The third kappa shape index (κ3) is 3.17. The smallest absolute Gasteiger partial charge is 0.247 e. The third-order valence-electron chi connectivity index (χ3n) is 2.92. The number of morpholine rings is 1. The van der Waals surface area contributed by atoms with E-state index in [4.69, 9.17) is 4.74 Å². The number of hydrogen-bond donors (Lipinski definition) is 0. The number of aryl methyl sites for hydroxylation is 1. The predicted octanol–water partition coefficient (Wildman–Crippen LogP) is 2.10. The molecule has 0 bridgehead atoms. The lowest BCUT2D eigenvalue weighted by molar-refractivity contribution is -0.137. The van der Waals surface area contributed by atoms with E-state index in [0.29, 0.717) is 13.2 Å². The van der Waals surface area contributed by atoms with Gasteiger partial charge in [0.2, 0.25) is 5.91 Å². The molecule has 1 saturated heterocycles. The molecule has 1 fully saturated rings. The Morgan fingerprint density at radius 3 is 3.06 bits per heavy atom. The highest BCUT2D eigenvalue weighted by Crippen LogP contribution is 2.13. The number of rotatable bonds is 2. The number of thiazole rings is 1. The van der Waals surface area contributed by atoms with E-state index >= 15 is 0 Å². The van der Waals surface area contributed by atoms with Crippen LogP contribution in [-0.2, 0) is 9.53 Å². The Bertz CT molecular complexity index is 456. The second kappa shape index (κ2) is 5.63. The summed E-state index contributed by atoms with van der Waals surface area (Å²) in [6, 6.07) is 0.135. The zero-order chi connectivity index (χ0) is 13.1. The molecule has 1 aliphatic rings. The van der Waals surface area contributed by atoms with Crippen LogP contribution in [0.15, 0.2) is 11.5 Å². The molecule has 18 heavy (non-hydrogen) atoms. The Balaban J connectivity index is 2.00. The number of aromatic nitrogens is 1. The lowest BCUT2D eigenvalue weighted by Crippen LogP contribution is -2.49. The van der Waals surface area contributed by atoms with E-state index in [-0.39, 0.29) is 18.1 Å². The molecule has 0 radical (unpaired) electrons. The quantitative estimate of drug-likeness (QED) is 0.770. The van der Waals surface area contributed by atoms with E-state index in [1.54, 1.807) is 23.5 Å². The van der Waals surface area contributed by atoms with Crippen LogP contribution in [0.1, 0.15) is 24.5 Å². The van der Waals surface area contributed by atoms with Crippen LogP contribution >= 0.6 is 11.3 Å². The van der Waals surface area contributed by atoms with Gasteiger partial charge in [-0.15, -0.1) is 11.3 Å². The molecule has 98 valence electrons. The van der Waals surface area contributed by atoms with Crippen molar-refractivity contribution >= 4 is 23.3 Å². The molecule has 5 heteroatoms. The Labute approximate surface area is 111 Å². The molecule has 2 atom stereocenters. The molecular weight excluding hydrogens is 248 g/mol. The van der Waals surface area contributed by atoms with Crippen molar-refractivity contribution in [2.24, 2.45) is 0 Å². The molecule has 1 aromatic rings. The first kappa shape index (κ1) is 13.2. The van der Waals surface area contributed by atoms with Crippen molar-refractivity contribution in [3.8, 4) is 0 Å². The van der Waals surface area contributed by atoms with Crippen LogP contribution in [0, 0.1) is 6.92 Å². The zero-order valence-electron chi connectivity index (χ0n) is 10.9. The van der Waals surface area contributed by atoms with E-state index in [9.17, 15) is 4.79 Å². The second-order valence-corrected chi connectivity index (χ2v) is 5.67. The highest BCUT2D eigenvalue weighted by molar-refractivity contribution is 7.09. The largest absolute Gasteiger partial charge is 0.375 e. The van der Waals surface area contributed by atoms with Gasteiger partial charge in [-0.1, -0.05) is 0 Å². The van der Waals surface area contributed by atoms with Crippen molar-refractivity contribution in [3.05, 3.63) is 22.2 Å². The number of carbonyl (C=O) groups is 1. The Morgan fingerprint density at radius 1 is 1.61 bits per heavy atom. The van der Waals surface area contributed by atoms with Crippen LogP contribution in [0.5, 0.6) is 0 Å². The number of nitrogens with zero attached hydrogens (tertiary/aromatic N) is 2. The molecule has 0 N–H and O–H groups in total. The Kier molecular flexibility index (Phi) is 4.14. The third-order valence-corrected chi connectivity index (χ3v) is 3.72. The van der Waals surface area contributed by atoms with Gasteiger partial charge in [0.05, 0.1) is 29.5 Å². The highest BCUT2D eigenvalue weighted by atomic mass is 32.1. The monoisotopic (exact) mass is 266 g/mol. The van der Waals surface area contributed by atoms with Gasteiger partial charge >= 0.3 is 0 Å². The van der Waals surface area contributed by atoms with Crippen molar-refractivity contribution in [2.45, 2.75) is 32.9 Å². The van der Waals surface area contributed by atoms with Crippen LogP contribution in [0.25, 0.3) is 6.08 Å². The van der Waals surface area contributed by atoms with Crippen LogP contribution < -0.4 is 0 Å². The lowest BCUT2D eigenvalue weighted by atomic mass is 10.2. The summed E-state index contributed by atoms with van der Waals surface area (Å²) in [6.45, 7) is 7.21. The molecule has 0 saturated carbocycles. The molecule has 0 spiro atoms. The molecule has 1 aliphatic heterocycles. The summed E-state index contributed by atoms with van der Waals surface area (Å²) in [5.41, 5.74) is 0.847. The highest BCUT2D eigenvalue weighted by Gasteiger charge is 2.25. The summed E-state index contributed by atoms with van der Waals surface area (Å²) < 4.78 is 5.51. The molecule has 2 rings (SSSR count). The first-order valence-electron chi connectivity index (χ1n) is 6.08. The average molecular weight is 266 g/mol. The van der Waals surface area contributed by atoms with Gasteiger partial charge in [0, 0.05) is 18.0 Å². The Hall–Kier alpha value is -1.20. The number of hydrogen-bond acceptors (Lipinski definition) is 4. The van der Waals surface area contributed by atoms with Crippen molar-refractivity contribution in [2.75, 3.05) is 13.2 Å². The summed E-state index contributed by atoms with van der Waals surface area (Å²) in [4.78, 5) is 18.2. The van der Waals surface area contributed by atoms with Gasteiger partial charge in [-0.2, -0.15) is 0 Å². The fourth-order valence-electron chi connectivity index (χ4n) is 1.92. The Morgan fingerprint density at radius 2 is 2.39 bits per heavy atom. The maximum absolute atomic E-state index is 12.1. The molecule has 4 nitrogen and oxygen atoms in total. The van der Waals surface area contributed by atoms with E-state index in [0.717, 1.165) is 10.7 Å². The van der Waals surface area contributed by atoms with E-state index in [1.807, 2.05) is 31.1 Å². The van der Waals surface area contributed by atoms with Crippen molar-refractivity contribution in [1.82, 2.24) is 9.88 Å². The van der Waals surface area contributed by atoms with E-state index in [2.05, 4.69) is 4.98 Å². The molecule has 0 aliphatic carbocycles. The van der Waals surface area contributed by atoms with Crippen molar-refractivity contribution in [1.29, 1.82) is 0 Å².